The molecular weight excluding hydrogens is 182 g/mol. The number of hydrogen-bond acceptors (Lipinski definition) is 1. The minimum atomic E-state index is 0.127. The van der Waals surface area contributed by atoms with Crippen LogP contribution in [0.4, 0.5) is 0 Å². The third-order valence-electron chi connectivity index (χ3n) is 2.63. The van der Waals surface area contributed by atoms with Gasteiger partial charge in [-0.15, -0.1) is 0 Å². The molecule has 0 amide bonds. The molecule has 0 bridgehead atoms. The Labute approximate surface area is 91.6 Å². The average Bonchev–Trinajstić information content (AvgIpc) is 2.69. The van der Waals surface area contributed by atoms with E-state index >= 15 is 0 Å². The number of allylic oxidation sites excluding steroid dienone is 4. The SMILES string of the molecule is CC(C)(C)c1cccc(C2C=CC=C2)n1. The van der Waals surface area contributed by atoms with Gasteiger partial charge in [0.15, 0.2) is 0 Å². The highest BCUT2D eigenvalue weighted by Gasteiger charge is 2.17. The van der Waals surface area contributed by atoms with Crippen molar-refractivity contribution in [2.45, 2.75) is 32.1 Å². The Balaban J connectivity index is 2.34. The molecule has 0 radical (unpaired) electrons. The lowest BCUT2D eigenvalue weighted by molar-refractivity contribution is 0.565. The van der Waals surface area contributed by atoms with Crippen LogP contribution in [-0.2, 0) is 5.41 Å². The van der Waals surface area contributed by atoms with Crippen LogP contribution in [0.15, 0.2) is 42.5 Å². The summed E-state index contributed by atoms with van der Waals surface area (Å²) in [6, 6.07) is 6.30. The Morgan fingerprint density at radius 1 is 1.07 bits per heavy atom. The molecule has 0 N–H and O–H groups in total. The van der Waals surface area contributed by atoms with Crippen LogP contribution in [0.2, 0.25) is 0 Å². The molecule has 0 aliphatic heterocycles. The van der Waals surface area contributed by atoms with Gasteiger partial charge in [-0.2, -0.15) is 0 Å². The van der Waals surface area contributed by atoms with Crippen molar-refractivity contribution in [1.82, 2.24) is 4.98 Å². The fourth-order valence-corrected chi connectivity index (χ4v) is 1.68. The quantitative estimate of drug-likeness (QED) is 0.673. The summed E-state index contributed by atoms with van der Waals surface area (Å²) in [5.41, 5.74) is 2.43. The van der Waals surface area contributed by atoms with Crippen LogP contribution in [0.3, 0.4) is 0 Å². The van der Waals surface area contributed by atoms with Crippen LogP contribution < -0.4 is 0 Å². The lowest BCUT2D eigenvalue weighted by Crippen LogP contribution is -2.14. The Kier molecular flexibility index (Phi) is 2.47. The van der Waals surface area contributed by atoms with Gasteiger partial charge in [-0.25, -0.2) is 0 Å². The molecule has 0 spiro atoms. The molecule has 1 heterocycles. The van der Waals surface area contributed by atoms with E-state index in [9.17, 15) is 0 Å². The Hall–Kier alpha value is -1.37. The zero-order chi connectivity index (χ0) is 10.9. The van der Waals surface area contributed by atoms with E-state index in [-0.39, 0.29) is 5.41 Å². The largest absolute Gasteiger partial charge is 0.256 e. The number of nitrogens with zero attached hydrogens (tertiary/aromatic N) is 1. The molecular formula is C14H17N. The maximum absolute atomic E-state index is 4.72. The highest BCUT2D eigenvalue weighted by Crippen LogP contribution is 2.25. The summed E-state index contributed by atoms with van der Waals surface area (Å²) in [5, 5.41) is 0. The van der Waals surface area contributed by atoms with Gasteiger partial charge >= 0.3 is 0 Å². The molecule has 1 nitrogen and oxygen atoms in total. The predicted octanol–water partition coefficient (Wildman–Crippen LogP) is 3.59. The first-order chi connectivity index (χ1) is 7.07. The Morgan fingerprint density at radius 3 is 2.33 bits per heavy atom. The highest BCUT2D eigenvalue weighted by molar-refractivity contribution is 5.32. The van der Waals surface area contributed by atoms with Crippen LogP contribution in [-0.4, -0.2) is 4.98 Å². The first-order valence-electron chi connectivity index (χ1n) is 5.40. The number of aromatic nitrogens is 1. The van der Waals surface area contributed by atoms with E-state index in [0.29, 0.717) is 5.92 Å². The van der Waals surface area contributed by atoms with Crippen molar-refractivity contribution in [2.75, 3.05) is 0 Å². The maximum Gasteiger partial charge on any atom is 0.0513 e. The van der Waals surface area contributed by atoms with Gasteiger partial charge in [-0.1, -0.05) is 51.1 Å². The zero-order valence-corrected chi connectivity index (χ0v) is 9.57. The molecule has 0 saturated heterocycles. The highest BCUT2D eigenvalue weighted by atomic mass is 14.7. The third kappa shape index (κ3) is 2.17. The van der Waals surface area contributed by atoms with Gasteiger partial charge in [-0.05, 0) is 12.1 Å². The van der Waals surface area contributed by atoms with Crippen molar-refractivity contribution in [3.63, 3.8) is 0 Å². The molecule has 78 valence electrons. The smallest absolute Gasteiger partial charge is 0.0513 e. The van der Waals surface area contributed by atoms with Crippen molar-refractivity contribution in [3.8, 4) is 0 Å². The Morgan fingerprint density at radius 2 is 1.73 bits per heavy atom. The van der Waals surface area contributed by atoms with E-state index in [2.05, 4.69) is 63.3 Å². The lowest BCUT2D eigenvalue weighted by Gasteiger charge is -2.19. The van der Waals surface area contributed by atoms with Crippen molar-refractivity contribution in [2.24, 2.45) is 0 Å². The van der Waals surface area contributed by atoms with Gasteiger partial charge in [0.1, 0.15) is 0 Å². The summed E-state index contributed by atoms with van der Waals surface area (Å²) >= 11 is 0. The minimum absolute atomic E-state index is 0.127. The topological polar surface area (TPSA) is 12.9 Å². The van der Waals surface area contributed by atoms with Crippen molar-refractivity contribution in [3.05, 3.63) is 53.9 Å². The van der Waals surface area contributed by atoms with E-state index in [0.717, 1.165) is 11.4 Å². The summed E-state index contributed by atoms with van der Waals surface area (Å²) in [5.74, 6) is 0.368. The minimum Gasteiger partial charge on any atom is -0.256 e. The summed E-state index contributed by atoms with van der Waals surface area (Å²) in [7, 11) is 0. The molecule has 0 unspecified atom stereocenters. The second kappa shape index (κ2) is 3.65. The second-order valence-electron chi connectivity index (χ2n) is 4.99. The van der Waals surface area contributed by atoms with E-state index in [1.54, 1.807) is 0 Å². The van der Waals surface area contributed by atoms with Crippen LogP contribution in [0.25, 0.3) is 0 Å². The van der Waals surface area contributed by atoms with Gasteiger partial charge in [-0.3, -0.25) is 4.98 Å². The van der Waals surface area contributed by atoms with Crippen LogP contribution >= 0.6 is 0 Å². The molecule has 0 aromatic carbocycles. The summed E-state index contributed by atoms with van der Waals surface area (Å²) in [6.07, 6.45) is 8.51. The van der Waals surface area contributed by atoms with E-state index in [1.807, 2.05) is 0 Å². The molecule has 1 aromatic heterocycles. The summed E-state index contributed by atoms with van der Waals surface area (Å²) < 4.78 is 0. The van der Waals surface area contributed by atoms with E-state index in [4.69, 9.17) is 4.98 Å². The first-order valence-corrected chi connectivity index (χ1v) is 5.40. The van der Waals surface area contributed by atoms with Gasteiger partial charge in [0.25, 0.3) is 0 Å². The monoisotopic (exact) mass is 199 g/mol. The molecule has 1 aliphatic carbocycles. The first kappa shape index (κ1) is 10.2. The molecule has 1 aromatic rings. The molecule has 1 heteroatoms. The number of rotatable bonds is 1. The van der Waals surface area contributed by atoms with Gasteiger partial charge in [0.2, 0.25) is 0 Å². The average molecular weight is 199 g/mol. The molecule has 0 saturated carbocycles. The summed E-state index contributed by atoms with van der Waals surface area (Å²) in [6.45, 7) is 6.58. The third-order valence-corrected chi connectivity index (χ3v) is 2.63. The fourth-order valence-electron chi connectivity index (χ4n) is 1.68. The zero-order valence-electron chi connectivity index (χ0n) is 9.57. The standard InChI is InChI=1S/C14H17N/c1-14(2,3)13-10-6-9-12(15-13)11-7-4-5-8-11/h4-11H,1-3H3. The van der Waals surface area contributed by atoms with Gasteiger partial charge in [0.05, 0.1) is 5.69 Å². The van der Waals surface area contributed by atoms with Crippen molar-refractivity contribution < 1.29 is 0 Å². The van der Waals surface area contributed by atoms with Crippen molar-refractivity contribution >= 4 is 0 Å². The van der Waals surface area contributed by atoms with E-state index < -0.39 is 0 Å². The molecule has 0 atom stereocenters. The van der Waals surface area contributed by atoms with Gasteiger partial charge < -0.3 is 0 Å². The molecule has 0 fully saturated rings. The Bertz CT molecular complexity index is 396. The molecule has 15 heavy (non-hydrogen) atoms. The molecule has 2 rings (SSSR count). The van der Waals surface area contributed by atoms with Gasteiger partial charge in [0, 0.05) is 17.0 Å². The van der Waals surface area contributed by atoms with E-state index in [1.165, 1.54) is 0 Å². The number of pyridine rings is 1. The van der Waals surface area contributed by atoms with Crippen LogP contribution in [0.5, 0.6) is 0 Å². The number of hydrogen-bond donors (Lipinski definition) is 0. The molecule has 1 aliphatic rings. The predicted molar refractivity (Wildman–Crippen MR) is 64.0 cm³/mol. The maximum atomic E-state index is 4.72. The second-order valence-corrected chi connectivity index (χ2v) is 4.99. The summed E-state index contributed by atoms with van der Waals surface area (Å²) in [4.78, 5) is 4.72. The van der Waals surface area contributed by atoms with Crippen LogP contribution in [0, 0.1) is 0 Å². The lowest BCUT2D eigenvalue weighted by atomic mass is 9.91. The van der Waals surface area contributed by atoms with Crippen LogP contribution in [0.1, 0.15) is 38.1 Å². The fraction of sp³-hybridized carbons (Fsp3) is 0.357. The van der Waals surface area contributed by atoms with Crippen molar-refractivity contribution in [1.29, 1.82) is 0 Å². The normalized spacial score (nSPS) is 16.2.